The van der Waals surface area contributed by atoms with E-state index in [0.717, 1.165) is 81.3 Å². The zero-order chi connectivity index (χ0) is 49.3. The number of hydrogen-bond acceptors (Lipinski definition) is 7. The van der Waals surface area contributed by atoms with Gasteiger partial charge in [-0.05, 0) is 83.9 Å². The average Bonchev–Trinajstić information content (AvgIpc) is 4.20. The van der Waals surface area contributed by atoms with E-state index in [-0.39, 0.29) is 41.1 Å². The molecule has 0 saturated carbocycles. The van der Waals surface area contributed by atoms with Crippen molar-refractivity contribution >= 4 is 24.0 Å². The minimum absolute atomic E-state index is 0.0652. The number of aromatic amines is 2. The molecule has 3 aromatic carbocycles. The van der Waals surface area contributed by atoms with E-state index in [4.69, 9.17) is 14.7 Å². The van der Waals surface area contributed by atoms with E-state index in [1.54, 1.807) is 4.90 Å². The largest absolute Gasteiger partial charge is 0.465 e. The molecule has 0 aliphatic carbocycles. The number of nitrogens with zero attached hydrogens (tertiary/aromatic N) is 6. The summed E-state index contributed by atoms with van der Waals surface area (Å²) in [5.41, 5.74) is 9.70. The molecule has 0 spiro atoms. The van der Waals surface area contributed by atoms with Gasteiger partial charge in [-0.2, -0.15) is 0 Å². The highest BCUT2D eigenvalue weighted by Gasteiger charge is 2.40. The number of methoxy groups -OCH3 is 1. The van der Waals surface area contributed by atoms with E-state index >= 15 is 0 Å². The Morgan fingerprint density at radius 1 is 0.725 bits per heavy atom. The van der Waals surface area contributed by atoms with Gasteiger partial charge in [0.15, 0.2) is 0 Å². The Morgan fingerprint density at radius 2 is 1.22 bits per heavy atom. The van der Waals surface area contributed by atoms with Gasteiger partial charge in [0.2, 0.25) is 11.8 Å². The number of carbonyl (C=O) groups is 4. The first kappa shape index (κ1) is 48.3. The van der Waals surface area contributed by atoms with Crippen LogP contribution in [0.5, 0.6) is 0 Å². The van der Waals surface area contributed by atoms with Crippen molar-refractivity contribution in [2.45, 2.75) is 104 Å². The number of ether oxygens (including phenoxy) is 1. The fourth-order valence-corrected chi connectivity index (χ4v) is 9.91. The number of likely N-dealkylation sites (N-methyl/N-ethyl adjacent to an activating group) is 1. The maximum atomic E-state index is 13.8. The minimum Gasteiger partial charge on any atom is -0.465 e. The molecule has 4 N–H and O–H groups in total. The molecule has 2 fully saturated rings. The molecule has 5 heterocycles. The molecule has 0 bridgehead atoms. The molecule has 0 radical (unpaired) electrons. The maximum absolute atomic E-state index is 13.8. The van der Waals surface area contributed by atoms with E-state index < -0.39 is 24.3 Å². The predicted molar refractivity (Wildman–Crippen MR) is 266 cm³/mol. The van der Waals surface area contributed by atoms with Gasteiger partial charge in [-0.1, -0.05) is 109 Å². The SMILES string of the molecule is COC(=O)N[C@H](C(=O)N1CCC[C@H]1c1nc(-c2ccc(-c3ccc(-c4ccc(-c5c[nH]c([C@@H]6CCCN6C(=O)[C@H](C(C)C)N(C)C(=O)O)n5)cc4)n3-c3cccc(C(C)(C)C)c3)cc2)c[nH]1)C(C)C. The highest BCUT2D eigenvalue weighted by atomic mass is 16.5. The lowest BCUT2D eigenvalue weighted by Crippen LogP contribution is -2.51. The molecule has 2 saturated heterocycles. The van der Waals surface area contributed by atoms with Crippen LogP contribution < -0.4 is 5.32 Å². The number of rotatable bonds is 13. The molecule has 3 aromatic heterocycles. The molecule has 2 aliphatic rings. The Bertz CT molecular complexity index is 2800. The highest BCUT2D eigenvalue weighted by Crippen LogP contribution is 2.38. The second kappa shape index (κ2) is 19.8. The van der Waals surface area contributed by atoms with Crippen LogP contribution in [0.4, 0.5) is 9.59 Å². The minimum atomic E-state index is -1.13. The number of carboxylic acid groups (broad SMARTS) is 1. The van der Waals surface area contributed by atoms with Crippen LogP contribution >= 0.6 is 0 Å². The van der Waals surface area contributed by atoms with Gasteiger partial charge in [-0.3, -0.25) is 14.5 Å². The summed E-state index contributed by atoms with van der Waals surface area (Å²) < 4.78 is 7.11. The number of carbonyl (C=O) groups excluding carboxylic acids is 3. The predicted octanol–water partition coefficient (Wildman–Crippen LogP) is 10.2. The summed E-state index contributed by atoms with van der Waals surface area (Å²) in [6.07, 6.45) is 5.15. The smallest absolute Gasteiger partial charge is 0.407 e. The lowest BCUT2D eigenvalue weighted by molar-refractivity contribution is -0.138. The zero-order valence-corrected chi connectivity index (χ0v) is 41.1. The number of benzene rings is 3. The second-order valence-corrected chi connectivity index (χ2v) is 20.1. The van der Waals surface area contributed by atoms with Crippen LogP contribution in [0.25, 0.3) is 50.7 Å². The number of aromatic nitrogens is 5. The van der Waals surface area contributed by atoms with E-state index in [1.165, 1.54) is 19.7 Å². The summed E-state index contributed by atoms with van der Waals surface area (Å²) in [6.45, 7) is 15.3. The topological polar surface area (TPSA) is 182 Å². The van der Waals surface area contributed by atoms with Gasteiger partial charge < -0.3 is 39.5 Å². The number of nitrogens with one attached hydrogen (secondary N) is 3. The average molecular weight is 936 g/mol. The fraction of sp³-hybridized carbons (Fsp3) is 0.407. The van der Waals surface area contributed by atoms with Gasteiger partial charge in [0, 0.05) is 49.3 Å². The Kier molecular flexibility index (Phi) is 13.9. The van der Waals surface area contributed by atoms with Crippen LogP contribution in [0.1, 0.15) is 103 Å². The van der Waals surface area contributed by atoms with Gasteiger partial charge in [-0.25, -0.2) is 19.6 Å². The zero-order valence-electron chi connectivity index (χ0n) is 41.1. The van der Waals surface area contributed by atoms with Crippen molar-refractivity contribution < 1.29 is 29.0 Å². The molecule has 15 nitrogen and oxygen atoms in total. The van der Waals surface area contributed by atoms with Crippen molar-refractivity contribution in [2.75, 3.05) is 27.2 Å². The normalized spacial score (nSPS) is 17.1. The molecule has 69 heavy (non-hydrogen) atoms. The molecular weight excluding hydrogens is 871 g/mol. The van der Waals surface area contributed by atoms with E-state index in [9.17, 15) is 24.3 Å². The summed E-state index contributed by atoms with van der Waals surface area (Å²) in [5, 5.41) is 12.4. The quantitative estimate of drug-likeness (QED) is 0.0883. The lowest BCUT2D eigenvalue weighted by atomic mass is 9.87. The third-order valence-electron chi connectivity index (χ3n) is 13.7. The van der Waals surface area contributed by atoms with Gasteiger partial charge in [0.1, 0.15) is 23.7 Å². The molecule has 6 aromatic rings. The summed E-state index contributed by atoms with van der Waals surface area (Å²) in [6, 6.07) is 27.8. The van der Waals surface area contributed by atoms with Gasteiger partial charge in [-0.15, -0.1) is 0 Å². The third kappa shape index (κ3) is 9.90. The lowest BCUT2D eigenvalue weighted by Gasteiger charge is -2.33. The summed E-state index contributed by atoms with van der Waals surface area (Å²) >= 11 is 0. The van der Waals surface area contributed by atoms with Gasteiger partial charge in [0.05, 0.1) is 42.0 Å². The van der Waals surface area contributed by atoms with E-state index in [1.807, 2.05) is 45.0 Å². The number of imidazole rings is 2. The monoisotopic (exact) mass is 936 g/mol. The molecule has 362 valence electrons. The first-order chi connectivity index (χ1) is 32.9. The molecule has 0 unspecified atom stereocenters. The van der Waals surface area contributed by atoms with E-state index in [0.29, 0.717) is 24.7 Å². The van der Waals surface area contributed by atoms with Crippen LogP contribution in [0.2, 0.25) is 0 Å². The maximum Gasteiger partial charge on any atom is 0.407 e. The van der Waals surface area contributed by atoms with Gasteiger partial charge >= 0.3 is 12.2 Å². The Labute approximate surface area is 404 Å². The Balaban J connectivity index is 1.05. The van der Waals surface area contributed by atoms with Crippen molar-refractivity contribution in [1.29, 1.82) is 0 Å². The van der Waals surface area contributed by atoms with Crippen molar-refractivity contribution in [2.24, 2.45) is 11.8 Å². The molecule has 4 amide bonds. The van der Waals surface area contributed by atoms with Crippen molar-refractivity contribution in [3.05, 3.63) is 115 Å². The van der Waals surface area contributed by atoms with Crippen LogP contribution in [-0.4, -0.2) is 108 Å². The third-order valence-corrected chi connectivity index (χ3v) is 13.7. The molecule has 2 aliphatic heterocycles. The molecule has 4 atom stereocenters. The summed E-state index contributed by atoms with van der Waals surface area (Å²) in [7, 11) is 2.75. The Hall–Kier alpha value is -7.16. The van der Waals surface area contributed by atoms with Crippen LogP contribution in [-0.2, 0) is 19.7 Å². The first-order valence-electron chi connectivity index (χ1n) is 24.0. The van der Waals surface area contributed by atoms with Crippen LogP contribution in [0.3, 0.4) is 0 Å². The highest BCUT2D eigenvalue weighted by molar-refractivity contribution is 5.87. The van der Waals surface area contributed by atoms with Crippen LogP contribution in [0, 0.1) is 11.8 Å². The standard InChI is InChI=1S/C54H65N9O6/c1-32(2)46(59-52(66)69-9)50(64)61-27-11-15-44(61)48-55-30-40(57-48)34-17-21-36(22-18-34)42-25-26-43(63(42)39-14-10-13-38(29-39)54(5,6)7)37-23-19-35(20-24-37)41-31-56-49(58-41)45-16-12-28-62(45)51(65)47(33(3)4)60(8)53(67)68/h10,13-14,17-26,29-33,44-47H,11-12,15-16,27-28H2,1-9H3,(H,55,57)(H,56,58)(H,59,66)(H,67,68)/t44-,45-,46-,47-/m0/s1. The fourth-order valence-electron chi connectivity index (χ4n) is 9.91. The number of hydrogen-bond donors (Lipinski definition) is 4. The summed E-state index contributed by atoms with van der Waals surface area (Å²) in [4.78, 5) is 72.9. The van der Waals surface area contributed by atoms with Crippen LogP contribution in [0.15, 0.2) is 97.3 Å². The molecule has 8 rings (SSSR count). The van der Waals surface area contributed by atoms with Crippen molar-refractivity contribution in [3.8, 4) is 50.7 Å². The second-order valence-electron chi connectivity index (χ2n) is 20.1. The van der Waals surface area contributed by atoms with Gasteiger partial charge in [0.25, 0.3) is 0 Å². The molecule has 15 heteroatoms. The van der Waals surface area contributed by atoms with Crippen molar-refractivity contribution in [1.82, 2.24) is 44.5 Å². The number of amides is 4. The number of likely N-dealkylation sites (tertiary alicyclic amines) is 2. The number of alkyl carbamates (subject to hydrolysis) is 1. The molecular formula is C54H65N9O6. The van der Waals surface area contributed by atoms with E-state index in [2.05, 4.69) is 126 Å². The van der Waals surface area contributed by atoms with Crippen molar-refractivity contribution in [3.63, 3.8) is 0 Å². The summed E-state index contributed by atoms with van der Waals surface area (Å²) in [5.74, 6) is 0.746. The first-order valence-corrected chi connectivity index (χ1v) is 24.0. The number of H-pyrrole nitrogens is 2. The Morgan fingerprint density at radius 3 is 1.67 bits per heavy atom.